The van der Waals surface area contributed by atoms with Crippen molar-refractivity contribution < 1.29 is 9.59 Å². The maximum atomic E-state index is 12.9. The van der Waals surface area contributed by atoms with Gasteiger partial charge in [0.1, 0.15) is 0 Å². The number of carbonyl (C=O) groups is 2. The Labute approximate surface area is 160 Å². The van der Waals surface area contributed by atoms with Gasteiger partial charge in [0.05, 0.1) is 23.7 Å². The monoisotopic (exact) mass is 413 g/mol. The molecule has 6 heteroatoms. The number of imide groups is 1. The summed E-state index contributed by atoms with van der Waals surface area (Å²) in [4.78, 5) is 27.8. The zero-order chi connectivity index (χ0) is 18.2. The summed E-state index contributed by atoms with van der Waals surface area (Å²) in [6, 6.07) is 5.85. The molecule has 1 aliphatic heterocycles. The Morgan fingerprint density at radius 1 is 1.15 bits per heavy atom. The molecule has 4 atom stereocenters. The van der Waals surface area contributed by atoms with E-state index in [1.54, 1.807) is 6.21 Å². The zero-order valence-electron chi connectivity index (χ0n) is 14.7. The average molecular weight is 414 g/mol. The molecule has 0 radical (unpaired) electrons. The molecule has 4 aliphatic rings. The third-order valence-corrected chi connectivity index (χ3v) is 7.24. The van der Waals surface area contributed by atoms with Crippen molar-refractivity contribution in [3.63, 3.8) is 0 Å². The van der Waals surface area contributed by atoms with Gasteiger partial charge >= 0.3 is 0 Å². The molecular weight excluding hydrogens is 394 g/mol. The van der Waals surface area contributed by atoms with Crippen LogP contribution < -0.4 is 4.90 Å². The fourth-order valence-corrected chi connectivity index (χ4v) is 6.02. The Morgan fingerprint density at radius 2 is 1.77 bits per heavy atom. The second-order valence-electron chi connectivity index (χ2n) is 8.06. The van der Waals surface area contributed by atoms with E-state index in [4.69, 9.17) is 0 Å². The molecule has 1 aromatic carbocycles. The number of benzene rings is 1. The number of carbonyl (C=O) groups excluding carboxylic acids is 2. The normalized spacial score (nSPS) is 33.0. The highest BCUT2D eigenvalue weighted by Crippen LogP contribution is 2.73. The molecule has 3 aliphatic carbocycles. The van der Waals surface area contributed by atoms with Gasteiger partial charge in [0.25, 0.3) is 11.8 Å². The van der Waals surface area contributed by atoms with Crippen LogP contribution in [0.5, 0.6) is 0 Å². The number of hydrazone groups is 1. The first-order valence-corrected chi connectivity index (χ1v) is 9.80. The van der Waals surface area contributed by atoms with E-state index < -0.39 is 0 Å². The maximum Gasteiger partial charge on any atom is 0.254 e. The molecule has 0 unspecified atom stereocenters. The summed E-state index contributed by atoms with van der Waals surface area (Å²) in [5.41, 5.74) is 2.13. The van der Waals surface area contributed by atoms with E-state index in [0.717, 1.165) is 33.6 Å². The number of hydrogen-bond acceptors (Lipinski definition) is 4. The molecule has 5 nitrogen and oxygen atoms in total. The van der Waals surface area contributed by atoms with Crippen LogP contribution in [0.3, 0.4) is 0 Å². The third kappa shape index (κ3) is 1.99. The van der Waals surface area contributed by atoms with Gasteiger partial charge < -0.3 is 4.90 Å². The standard InChI is InChI=1S/C20H20BrN3O2/c1-23(2)15-6-3-11(9-14(15)21)10-22-24-18(25)16-12-4-5-13(17(16)19(24)26)20(12)7-8-20/h3-6,9-10,12-13,16-17H,7-8H2,1-2H3/b22-10-/t12-,13-,16+,17+/m1/s1. The fourth-order valence-electron chi connectivity index (χ4n) is 5.27. The van der Waals surface area contributed by atoms with Crippen molar-refractivity contribution in [3.05, 3.63) is 40.4 Å². The molecule has 1 saturated heterocycles. The lowest BCUT2D eigenvalue weighted by Crippen LogP contribution is -2.30. The van der Waals surface area contributed by atoms with Crippen LogP contribution in [0.4, 0.5) is 5.69 Å². The Hall–Kier alpha value is -1.95. The van der Waals surface area contributed by atoms with Gasteiger partial charge in [-0.25, -0.2) is 0 Å². The highest BCUT2D eigenvalue weighted by Gasteiger charge is 2.73. The first-order chi connectivity index (χ1) is 12.4. The molecule has 0 N–H and O–H groups in total. The molecular formula is C20H20BrN3O2. The highest BCUT2D eigenvalue weighted by atomic mass is 79.9. The van der Waals surface area contributed by atoms with E-state index in [-0.39, 0.29) is 40.9 Å². The number of halogens is 1. The maximum absolute atomic E-state index is 12.9. The van der Waals surface area contributed by atoms with Gasteiger partial charge in [-0.3, -0.25) is 9.59 Å². The molecule has 1 aromatic rings. The summed E-state index contributed by atoms with van der Waals surface area (Å²) in [6.45, 7) is 0. The van der Waals surface area contributed by atoms with Gasteiger partial charge in [0.2, 0.25) is 0 Å². The molecule has 2 saturated carbocycles. The third-order valence-electron chi connectivity index (χ3n) is 6.61. The molecule has 5 rings (SSSR count). The molecule has 26 heavy (non-hydrogen) atoms. The van der Waals surface area contributed by atoms with Crippen LogP contribution in [0.2, 0.25) is 0 Å². The zero-order valence-corrected chi connectivity index (χ0v) is 16.3. The second kappa shape index (κ2) is 5.28. The number of rotatable bonds is 3. The summed E-state index contributed by atoms with van der Waals surface area (Å²) in [5, 5.41) is 5.38. The minimum atomic E-state index is -0.194. The summed E-state index contributed by atoms with van der Waals surface area (Å²) >= 11 is 3.55. The van der Waals surface area contributed by atoms with Crippen LogP contribution in [-0.2, 0) is 9.59 Å². The number of hydrogen-bond donors (Lipinski definition) is 0. The summed E-state index contributed by atoms with van der Waals surface area (Å²) in [7, 11) is 3.95. The summed E-state index contributed by atoms with van der Waals surface area (Å²) < 4.78 is 0.945. The van der Waals surface area contributed by atoms with E-state index in [0.29, 0.717) is 0 Å². The second-order valence-corrected chi connectivity index (χ2v) is 8.91. The smallest absolute Gasteiger partial charge is 0.254 e. The molecule has 0 aromatic heterocycles. The van der Waals surface area contributed by atoms with Crippen LogP contribution >= 0.6 is 15.9 Å². The number of fused-ring (bicyclic) bond motifs is 3. The SMILES string of the molecule is CN(C)c1ccc(/C=N\N2C(=O)[C@@H]3[C@@H](C2=O)[C@H]2C=C[C@H]3C23CC3)cc1Br. The first-order valence-electron chi connectivity index (χ1n) is 9.01. The Balaban J connectivity index is 1.39. The Kier molecular flexibility index (Phi) is 3.30. The van der Waals surface area contributed by atoms with Crippen molar-refractivity contribution in [2.75, 3.05) is 19.0 Å². The topological polar surface area (TPSA) is 53.0 Å². The van der Waals surface area contributed by atoms with Crippen molar-refractivity contribution in [2.45, 2.75) is 12.8 Å². The van der Waals surface area contributed by atoms with Gasteiger partial charge in [0, 0.05) is 18.6 Å². The molecule has 2 bridgehead atoms. The predicted octanol–water partition coefficient (Wildman–Crippen LogP) is 3.05. The van der Waals surface area contributed by atoms with Crippen molar-refractivity contribution >= 4 is 39.6 Å². The van der Waals surface area contributed by atoms with Gasteiger partial charge in [-0.15, -0.1) is 0 Å². The van der Waals surface area contributed by atoms with E-state index in [2.05, 4.69) is 33.2 Å². The van der Waals surface area contributed by atoms with Crippen LogP contribution in [0, 0.1) is 29.1 Å². The van der Waals surface area contributed by atoms with Gasteiger partial charge in [-0.1, -0.05) is 18.2 Å². The number of allylic oxidation sites excluding steroid dienone is 2. The highest BCUT2D eigenvalue weighted by molar-refractivity contribution is 9.10. The van der Waals surface area contributed by atoms with E-state index >= 15 is 0 Å². The average Bonchev–Trinajstić information content (AvgIpc) is 3.20. The quantitative estimate of drug-likeness (QED) is 0.434. The lowest BCUT2D eigenvalue weighted by molar-refractivity contribution is -0.141. The molecule has 3 fully saturated rings. The first kappa shape index (κ1) is 16.2. The minimum Gasteiger partial charge on any atom is -0.377 e. The van der Waals surface area contributed by atoms with Crippen LogP contribution in [0.1, 0.15) is 18.4 Å². The number of anilines is 1. The van der Waals surface area contributed by atoms with Crippen LogP contribution in [0.25, 0.3) is 0 Å². The fraction of sp³-hybridized carbons (Fsp3) is 0.450. The van der Waals surface area contributed by atoms with Gasteiger partial charge in [-0.05, 0) is 63.7 Å². The Bertz CT molecular complexity index is 853. The van der Waals surface area contributed by atoms with Gasteiger partial charge in [-0.2, -0.15) is 10.1 Å². The lowest BCUT2D eigenvalue weighted by Gasteiger charge is -2.18. The van der Waals surface area contributed by atoms with Crippen molar-refractivity contribution in [2.24, 2.45) is 34.2 Å². The molecule has 134 valence electrons. The summed E-state index contributed by atoms with van der Waals surface area (Å²) in [5.74, 6) is -0.156. The van der Waals surface area contributed by atoms with Crippen LogP contribution in [-0.4, -0.2) is 37.1 Å². The van der Waals surface area contributed by atoms with E-state index in [1.165, 1.54) is 0 Å². The molecule has 1 spiro atoms. The minimum absolute atomic E-state index is 0.122. The molecule has 1 heterocycles. The van der Waals surface area contributed by atoms with Crippen molar-refractivity contribution in [1.82, 2.24) is 5.01 Å². The van der Waals surface area contributed by atoms with Crippen molar-refractivity contribution in [3.8, 4) is 0 Å². The predicted molar refractivity (Wildman–Crippen MR) is 103 cm³/mol. The Morgan fingerprint density at radius 3 is 2.27 bits per heavy atom. The molecule has 2 amide bonds. The largest absolute Gasteiger partial charge is 0.377 e. The van der Waals surface area contributed by atoms with E-state index in [9.17, 15) is 9.59 Å². The van der Waals surface area contributed by atoms with Crippen molar-refractivity contribution in [1.29, 1.82) is 0 Å². The summed E-state index contributed by atoms with van der Waals surface area (Å²) in [6.07, 6.45) is 8.25. The van der Waals surface area contributed by atoms with Gasteiger partial charge in [0.15, 0.2) is 0 Å². The number of nitrogens with zero attached hydrogens (tertiary/aromatic N) is 3. The van der Waals surface area contributed by atoms with Crippen LogP contribution in [0.15, 0.2) is 39.9 Å². The van der Waals surface area contributed by atoms with E-state index in [1.807, 2.05) is 37.2 Å². The lowest BCUT2D eigenvalue weighted by atomic mass is 9.85. The number of amides is 2.